The van der Waals surface area contributed by atoms with Crippen molar-refractivity contribution < 1.29 is 4.79 Å². The van der Waals surface area contributed by atoms with Crippen LogP contribution < -0.4 is 11.1 Å². The minimum absolute atomic E-state index is 0. The molecule has 118 valence electrons. The number of nitrogens with two attached hydrogens (primary N) is 1. The number of hydrogen-bond acceptors (Lipinski definition) is 2. The number of carbonyl (C=O) groups excluding carboxylic acids is 1. The third-order valence-corrected chi connectivity index (χ3v) is 4.53. The number of carbonyl (C=O) groups is 1. The Kier molecular flexibility index (Phi) is 7.82. The lowest BCUT2D eigenvalue weighted by Crippen LogP contribution is -2.38. The molecule has 3 nitrogen and oxygen atoms in total. The molecule has 1 aliphatic rings. The van der Waals surface area contributed by atoms with Crippen LogP contribution in [0.5, 0.6) is 0 Å². The standard InChI is InChI=1S/C15H20Cl2N2O.ClH/c16-13-5-2-6-14(17)12(13)7-8-19-15(20)10-3-1-4-11(18)9-10;/h2,5-6,10-11H,1,3-4,7-9,18H2,(H,19,20);1H. The molecule has 1 aromatic carbocycles. The van der Waals surface area contributed by atoms with E-state index in [-0.39, 0.29) is 30.3 Å². The molecule has 1 fully saturated rings. The maximum atomic E-state index is 12.1. The summed E-state index contributed by atoms with van der Waals surface area (Å²) in [7, 11) is 0. The van der Waals surface area contributed by atoms with Gasteiger partial charge < -0.3 is 11.1 Å². The molecule has 0 heterocycles. The summed E-state index contributed by atoms with van der Waals surface area (Å²) in [5, 5.41) is 4.25. The highest BCUT2D eigenvalue weighted by molar-refractivity contribution is 6.35. The average molecular weight is 352 g/mol. The van der Waals surface area contributed by atoms with Crippen LogP contribution in [-0.4, -0.2) is 18.5 Å². The first-order valence-corrected chi connectivity index (χ1v) is 7.79. The van der Waals surface area contributed by atoms with Gasteiger partial charge in [0.1, 0.15) is 0 Å². The summed E-state index contributed by atoms with van der Waals surface area (Å²) in [4.78, 5) is 12.1. The van der Waals surface area contributed by atoms with E-state index in [1.165, 1.54) is 0 Å². The van der Waals surface area contributed by atoms with Crippen molar-refractivity contribution >= 4 is 41.5 Å². The number of nitrogens with one attached hydrogen (secondary N) is 1. The molecule has 0 radical (unpaired) electrons. The normalized spacial score (nSPS) is 21.5. The summed E-state index contributed by atoms with van der Waals surface area (Å²) in [5.41, 5.74) is 6.79. The van der Waals surface area contributed by atoms with Crippen molar-refractivity contribution in [3.8, 4) is 0 Å². The lowest BCUT2D eigenvalue weighted by molar-refractivity contribution is -0.126. The highest BCUT2D eigenvalue weighted by Gasteiger charge is 2.24. The zero-order chi connectivity index (χ0) is 14.5. The SMILES string of the molecule is Cl.NC1CCCC(C(=O)NCCc2c(Cl)cccc2Cl)C1. The van der Waals surface area contributed by atoms with E-state index in [1.807, 2.05) is 18.2 Å². The second-order valence-corrected chi connectivity index (χ2v) is 6.18. The molecule has 0 spiro atoms. The van der Waals surface area contributed by atoms with Gasteiger partial charge in [0.15, 0.2) is 0 Å². The van der Waals surface area contributed by atoms with Crippen molar-refractivity contribution in [1.29, 1.82) is 0 Å². The highest BCUT2D eigenvalue weighted by Crippen LogP contribution is 2.25. The number of hydrogen-bond donors (Lipinski definition) is 2. The van der Waals surface area contributed by atoms with E-state index >= 15 is 0 Å². The Morgan fingerprint density at radius 1 is 1.29 bits per heavy atom. The van der Waals surface area contributed by atoms with Crippen LogP contribution in [0.2, 0.25) is 10.0 Å². The smallest absolute Gasteiger partial charge is 0.223 e. The van der Waals surface area contributed by atoms with Gasteiger partial charge in [-0.15, -0.1) is 12.4 Å². The Labute approximate surface area is 142 Å². The molecule has 0 aliphatic heterocycles. The van der Waals surface area contributed by atoms with Gasteiger partial charge in [-0.25, -0.2) is 0 Å². The molecule has 3 N–H and O–H groups in total. The van der Waals surface area contributed by atoms with Crippen LogP contribution in [0.4, 0.5) is 0 Å². The van der Waals surface area contributed by atoms with Crippen LogP contribution in [0.1, 0.15) is 31.2 Å². The van der Waals surface area contributed by atoms with E-state index in [4.69, 9.17) is 28.9 Å². The zero-order valence-corrected chi connectivity index (χ0v) is 14.1. The van der Waals surface area contributed by atoms with Gasteiger partial charge in [-0.1, -0.05) is 35.7 Å². The first kappa shape index (κ1) is 18.6. The van der Waals surface area contributed by atoms with E-state index in [0.717, 1.165) is 31.2 Å². The van der Waals surface area contributed by atoms with Crippen molar-refractivity contribution in [3.05, 3.63) is 33.8 Å². The summed E-state index contributed by atoms with van der Waals surface area (Å²) in [6, 6.07) is 5.60. The quantitative estimate of drug-likeness (QED) is 0.871. The monoisotopic (exact) mass is 350 g/mol. The summed E-state index contributed by atoms with van der Waals surface area (Å²) < 4.78 is 0. The molecule has 0 saturated heterocycles. The molecular weight excluding hydrogens is 331 g/mol. The van der Waals surface area contributed by atoms with Crippen molar-refractivity contribution in [1.82, 2.24) is 5.32 Å². The molecule has 1 amide bonds. The van der Waals surface area contributed by atoms with Crippen LogP contribution in [0.25, 0.3) is 0 Å². The fraction of sp³-hybridized carbons (Fsp3) is 0.533. The van der Waals surface area contributed by atoms with Crippen molar-refractivity contribution in [2.45, 2.75) is 38.1 Å². The van der Waals surface area contributed by atoms with E-state index < -0.39 is 0 Å². The second kappa shape index (κ2) is 8.84. The largest absolute Gasteiger partial charge is 0.356 e. The second-order valence-electron chi connectivity index (χ2n) is 5.36. The van der Waals surface area contributed by atoms with E-state index in [0.29, 0.717) is 23.0 Å². The van der Waals surface area contributed by atoms with Gasteiger partial charge in [0.2, 0.25) is 5.91 Å². The lowest BCUT2D eigenvalue weighted by atomic mass is 9.85. The van der Waals surface area contributed by atoms with Gasteiger partial charge in [-0.2, -0.15) is 0 Å². The van der Waals surface area contributed by atoms with Crippen LogP contribution >= 0.6 is 35.6 Å². The molecule has 1 aliphatic carbocycles. The van der Waals surface area contributed by atoms with Gasteiger partial charge in [-0.3, -0.25) is 4.79 Å². The van der Waals surface area contributed by atoms with E-state index in [9.17, 15) is 4.79 Å². The third-order valence-electron chi connectivity index (χ3n) is 3.82. The average Bonchev–Trinajstić information content (AvgIpc) is 2.42. The van der Waals surface area contributed by atoms with Crippen molar-refractivity contribution in [2.24, 2.45) is 11.7 Å². The van der Waals surface area contributed by atoms with Crippen LogP contribution in [0.3, 0.4) is 0 Å². The first-order valence-electron chi connectivity index (χ1n) is 7.04. The Hall–Kier alpha value is -0.480. The lowest BCUT2D eigenvalue weighted by Gasteiger charge is -2.25. The minimum Gasteiger partial charge on any atom is -0.356 e. The van der Waals surface area contributed by atoms with Crippen molar-refractivity contribution in [3.63, 3.8) is 0 Å². The summed E-state index contributed by atoms with van der Waals surface area (Å²) in [6.07, 6.45) is 4.43. The number of halogens is 3. The Morgan fingerprint density at radius 3 is 2.57 bits per heavy atom. The van der Waals surface area contributed by atoms with Gasteiger partial charge >= 0.3 is 0 Å². The molecule has 2 rings (SSSR count). The number of amides is 1. The van der Waals surface area contributed by atoms with Crippen LogP contribution in [-0.2, 0) is 11.2 Å². The topological polar surface area (TPSA) is 55.1 Å². The molecule has 21 heavy (non-hydrogen) atoms. The van der Waals surface area contributed by atoms with Gasteiger partial charge in [-0.05, 0) is 43.4 Å². The summed E-state index contributed by atoms with van der Waals surface area (Å²) in [6.45, 7) is 0.550. The number of rotatable bonds is 4. The predicted octanol–water partition coefficient (Wildman–Crippen LogP) is 3.59. The fourth-order valence-corrected chi connectivity index (χ4v) is 3.28. The van der Waals surface area contributed by atoms with Crippen molar-refractivity contribution in [2.75, 3.05) is 6.54 Å². The first-order chi connectivity index (χ1) is 9.58. The molecular formula is C15H21Cl3N2O. The Morgan fingerprint density at radius 2 is 1.95 bits per heavy atom. The van der Waals surface area contributed by atoms with Gasteiger partial charge in [0.25, 0.3) is 0 Å². The Balaban J connectivity index is 0.00000220. The summed E-state index contributed by atoms with van der Waals surface area (Å²) in [5.74, 6) is 0.156. The molecule has 1 aromatic rings. The van der Waals surface area contributed by atoms with Gasteiger partial charge in [0.05, 0.1) is 0 Å². The molecule has 2 unspecified atom stereocenters. The predicted molar refractivity (Wildman–Crippen MR) is 90.4 cm³/mol. The van der Waals surface area contributed by atoms with Crippen LogP contribution in [0.15, 0.2) is 18.2 Å². The summed E-state index contributed by atoms with van der Waals surface area (Å²) >= 11 is 12.2. The van der Waals surface area contributed by atoms with E-state index in [2.05, 4.69) is 5.32 Å². The highest BCUT2D eigenvalue weighted by atomic mass is 35.5. The Bertz CT molecular complexity index is 462. The number of benzene rings is 1. The van der Waals surface area contributed by atoms with Crippen LogP contribution in [0, 0.1) is 5.92 Å². The fourth-order valence-electron chi connectivity index (χ4n) is 2.69. The molecule has 2 atom stereocenters. The molecule has 6 heteroatoms. The zero-order valence-electron chi connectivity index (χ0n) is 11.8. The molecule has 0 bridgehead atoms. The minimum atomic E-state index is 0. The maximum absolute atomic E-state index is 12.1. The maximum Gasteiger partial charge on any atom is 0.223 e. The van der Waals surface area contributed by atoms with Gasteiger partial charge in [0, 0.05) is 28.5 Å². The van der Waals surface area contributed by atoms with E-state index in [1.54, 1.807) is 0 Å². The third kappa shape index (κ3) is 5.33. The molecule has 1 saturated carbocycles. The molecule has 0 aromatic heterocycles.